The van der Waals surface area contributed by atoms with Gasteiger partial charge >= 0.3 is 0 Å². The minimum Gasteiger partial charge on any atom is -0.762 e. The van der Waals surface area contributed by atoms with Gasteiger partial charge in [-0.3, -0.25) is 5.23 Å². The quantitative estimate of drug-likeness (QED) is 0.127. The van der Waals surface area contributed by atoms with Gasteiger partial charge in [0, 0.05) is 6.54 Å². The molecule has 0 spiro atoms. The van der Waals surface area contributed by atoms with E-state index in [0.29, 0.717) is 0 Å². The maximum absolute atomic E-state index is 10.4. The van der Waals surface area contributed by atoms with Crippen molar-refractivity contribution < 1.29 is 59.9 Å². The molecule has 0 aromatic carbocycles. The number of nitrogens with zero attached hydrogens (tertiary/aromatic N) is 1. The molecule has 2 saturated heterocycles. The lowest BCUT2D eigenvalue weighted by Gasteiger charge is -2.42. The van der Waals surface area contributed by atoms with Gasteiger partial charge in [0.25, 0.3) is 0 Å². The van der Waals surface area contributed by atoms with Crippen molar-refractivity contribution in [1.29, 1.82) is 0 Å². The monoisotopic (exact) mass is 430 g/mol. The largest absolute Gasteiger partial charge is 0.762 e. The van der Waals surface area contributed by atoms with Gasteiger partial charge in [-0.15, -0.1) is 0 Å². The van der Waals surface area contributed by atoms with E-state index in [0.717, 1.165) is 0 Å². The first-order chi connectivity index (χ1) is 13.7. The molecule has 8 N–H and O–H groups in total. The molecule has 10 unspecified atom stereocenters. The van der Waals surface area contributed by atoms with E-state index >= 15 is 0 Å². The first kappa shape index (κ1) is 24.7. The Morgan fingerprint density at radius 1 is 0.759 bits per heavy atom. The summed E-state index contributed by atoms with van der Waals surface area (Å²) >= 11 is 0. The molecule has 0 bridgehead atoms. The average Bonchev–Trinajstić information content (AvgIpc) is 2.69. The third-order valence-electron chi connectivity index (χ3n) is 4.72. The fourth-order valence-corrected chi connectivity index (χ4v) is 2.99. The summed E-state index contributed by atoms with van der Waals surface area (Å²) in [6.45, 7) is -1.48. The Balaban J connectivity index is 1.91. The molecule has 2 rings (SSSR count). The molecule has 2 heterocycles. The van der Waals surface area contributed by atoms with Crippen molar-refractivity contribution in [3.8, 4) is 0 Å². The molecule has 14 heteroatoms. The third-order valence-corrected chi connectivity index (χ3v) is 4.72. The predicted molar refractivity (Wildman–Crippen MR) is 88.8 cm³/mol. The summed E-state index contributed by atoms with van der Waals surface area (Å²) in [6, 6.07) is 0. The maximum Gasteiger partial charge on any atom is 0.186 e. The van der Waals surface area contributed by atoms with Crippen LogP contribution < -0.4 is 0 Å². The Kier molecular flexibility index (Phi) is 9.52. The third kappa shape index (κ3) is 6.22. The van der Waals surface area contributed by atoms with Crippen molar-refractivity contribution in [1.82, 2.24) is 5.23 Å². The summed E-state index contributed by atoms with van der Waals surface area (Å²) in [5.74, 6) is 0. The summed E-state index contributed by atoms with van der Waals surface area (Å²) in [5, 5.41) is 87.2. The van der Waals surface area contributed by atoms with Crippen LogP contribution in [0.3, 0.4) is 0 Å². The standard InChI is InChI=1S/C15H28NO13/c17-4-6-8(18)10(20)13(23)15(28-6)27-5-7-9(19)11(21)12(22)14(29-7)26-3-1-2-16(24)25/h6-15,17-24H,1-5H2/q-1. The van der Waals surface area contributed by atoms with Crippen LogP contribution in [0.15, 0.2) is 0 Å². The van der Waals surface area contributed by atoms with Gasteiger partial charge in [-0.05, 0) is 6.42 Å². The maximum atomic E-state index is 10.4. The van der Waals surface area contributed by atoms with E-state index in [1.165, 1.54) is 0 Å². The molecule has 0 radical (unpaired) electrons. The number of hydroxylamine groups is 2. The minimum absolute atomic E-state index is 0.0945. The second-order valence-electron chi connectivity index (χ2n) is 6.85. The summed E-state index contributed by atoms with van der Waals surface area (Å²) in [4.78, 5) is 0. The molecule has 0 saturated carbocycles. The Morgan fingerprint density at radius 2 is 1.28 bits per heavy atom. The molecule has 10 atom stereocenters. The Bertz CT molecular complexity index is 483. The lowest BCUT2D eigenvalue weighted by atomic mass is 9.98. The summed E-state index contributed by atoms with van der Waals surface area (Å²) in [6.07, 6.45) is -14.9. The Hall–Kier alpha value is -0.560. The molecule has 172 valence electrons. The lowest BCUT2D eigenvalue weighted by Crippen LogP contribution is -2.61. The SMILES string of the molecule is [O-]N(O)CCCOC1OC(COC2OC(CO)C(O)C(O)C2O)C(O)C(O)C1O. The van der Waals surface area contributed by atoms with Crippen LogP contribution in [0.5, 0.6) is 0 Å². The normalized spacial score (nSPS) is 43.7. The topological polar surface area (TPSA) is 225 Å². The van der Waals surface area contributed by atoms with E-state index in [4.69, 9.17) is 29.3 Å². The van der Waals surface area contributed by atoms with E-state index < -0.39 is 74.6 Å². The summed E-state index contributed by atoms with van der Waals surface area (Å²) in [7, 11) is 0. The number of hydrogen-bond acceptors (Lipinski definition) is 14. The van der Waals surface area contributed by atoms with Crippen LogP contribution in [-0.4, -0.2) is 134 Å². The zero-order valence-corrected chi connectivity index (χ0v) is 15.4. The molecule has 29 heavy (non-hydrogen) atoms. The summed E-state index contributed by atoms with van der Waals surface area (Å²) in [5.41, 5.74) is 0. The van der Waals surface area contributed by atoms with Gasteiger partial charge in [-0.25, -0.2) is 0 Å². The molecule has 2 fully saturated rings. The van der Waals surface area contributed by atoms with Gasteiger partial charge in [0.05, 0.1) is 19.8 Å². The molecule has 14 nitrogen and oxygen atoms in total. The number of aliphatic hydroxyl groups excluding tert-OH is 7. The number of rotatable bonds is 9. The molecule has 0 aromatic heterocycles. The highest BCUT2D eigenvalue weighted by atomic mass is 16.8. The molecule has 2 aliphatic heterocycles. The lowest BCUT2D eigenvalue weighted by molar-refractivity contribution is -0.331. The van der Waals surface area contributed by atoms with Gasteiger partial charge < -0.3 is 65.1 Å². The van der Waals surface area contributed by atoms with Crippen LogP contribution in [0.25, 0.3) is 0 Å². The number of aliphatic hydroxyl groups is 7. The van der Waals surface area contributed by atoms with E-state index in [1.807, 2.05) is 0 Å². The van der Waals surface area contributed by atoms with E-state index in [9.17, 15) is 35.8 Å². The van der Waals surface area contributed by atoms with Crippen LogP contribution in [0.4, 0.5) is 0 Å². The van der Waals surface area contributed by atoms with Crippen molar-refractivity contribution in [2.45, 2.75) is 67.8 Å². The van der Waals surface area contributed by atoms with Crippen molar-refractivity contribution in [2.24, 2.45) is 0 Å². The van der Waals surface area contributed by atoms with Gasteiger partial charge in [0.2, 0.25) is 0 Å². The molecular formula is C15H28NO13-. The smallest absolute Gasteiger partial charge is 0.186 e. The first-order valence-corrected chi connectivity index (χ1v) is 9.04. The van der Waals surface area contributed by atoms with Crippen LogP contribution in [-0.2, 0) is 18.9 Å². The van der Waals surface area contributed by atoms with Crippen LogP contribution in [0.1, 0.15) is 6.42 Å². The van der Waals surface area contributed by atoms with Crippen molar-refractivity contribution in [3.05, 3.63) is 5.21 Å². The molecule has 2 aliphatic rings. The van der Waals surface area contributed by atoms with Crippen LogP contribution >= 0.6 is 0 Å². The molecule has 0 amide bonds. The van der Waals surface area contributed by atoms with E-state index in [1.54, 1.807) is 0 Å². The van der Waals surface area contributed by atoms with Gasteiger partial charge in [0.1, 0.15) is 48.8 Å². The molecular weight excluding hydrogens is 402 g/mol. The van der Waals surface area contributed by atoms with E-state index in [2.05, 4.69) is 0 Å². The second kappa shape index (κ2) is 11.2. The van der Waals surface area contributed by atoms with Gasteiger partial charge in [-0.1, -0.05) is 0 Å². The fourth-order valence-electron chi connectivity index (χ4n) is 2.99. The Morgan fingerprint density at radius 3 is 1.83 bits per heavy atom. The van der Waals surface area contributed by atoms with Crippen molar-refractivity contribution in [2.75, 3.05) is 26.4 Å². The highest BCUT2D eigenvalue weighted by molar-refractivity contribution is 4.91. The number of hydrogen-bond donors (Lipinski definition) is 8. The van der Waals surface area contributed by atoms with Crippen molar-refractivity contribution in [3.63, 3.8) is 0 Å². The highest BCUT2D eigenvalue weighted by Crippen LogP contribution is 2.26. The zero-order valence-electron chi connectivity index (χ0n) is 15.4. The van der Waals surface area contributed by atoms with Gasteiger partial charge in [0.15, 0.2) is 12.6 Å². The second-order valence-corrected chi connectivity index (χ2v) is 6.85. The van der Waals surface area contributed by atoms with Crippen molar-refractivity contribution >= 4 is 0 Å². The van der Waals surface area contributed by atoms with Gasteiger partial charge in [-0.2, -0.15) is 0 Å². The fraction of sp³-hybridized carbons (Fsp3) is 1.00. The average molecular weight is 430 g/mol. The first-order valence-electron chi connectivity index (χ1n) is 9.04. The predicted octanol–water partition coefficient (Wildman–Crippen LogP) is -4.79. The van der Waals surface area contributed by atoms with E-state index in [-0.39, 0.29) is 24.8 Å². The van der Waals surface area contributed by atoms with Crippen LogP contribution in [0.2, 0.25) is 0 Å². The zero-order chi connectivity index (χ0) is 21.7. The Labute approximate surface area is 165 Å². The molecule has 0 aliphatic carbocycles. The summed E-state index contributed by atoms with van der Waals surface area (Å²) < 4.78 is 21.0. The molecule has 0 aromatic rings. The van der Waals surface area contributed by atoms with Crippen LogP contribution in [0, 0.1) is 5.21 Å². The minimum atomic E-state index is -1.66. The number of ether oxygens (including phenoxy) is 4. The highest BCUT2D eigenvalue weighted by Gasteiger charge is 2.47.